The number of hydrogen-bond acceptors (Lipinski definition) is 4. The molecule has 1 unspecified atom stereocenters. The third-order valence-electron chi connectivity index (χ3n) is 4.16. The molecular formula is C19H29NO4. The van der Waals surface area contributed by atoms with Crippen LogP contribution in [0.4, 0.5) is 4.79 Å². The molecule has 5 nitrogen and oxygen atoms in total. The molecule has 0 saturated carbocycles. The minimum absolute atomic E-state index is 0.0319. The number of rotatable bonds is 4. The second-order valence-corrected chi connectivity index (χ2v) is 7.10. The van der Waals surface area contributed by atoms with Crippen LogP contribution in [0.5, 0.6) is 5.75 Å². The van der Waals surface area contributed by atoms with E-state index in [-0.39, 0.29) is 18.7 Å². The molecular weight excluding hydrogens is 306 g/mol. The third kappa shape index (κ3) is 4.01. The van der Waals surface area contributed by atoms with E-state index >= 15 is 0 Å². The third-order valence-corrected chi connectivity index (χ3v) is 4.16. The number of amides is 1. The van der Waals surface area contributed by atoms with Crippen LogP contribution in [0.15, 0.2) is 12.1 Å². The molecule has 2 rings (SSSR count). The highest BCUT2D eigenvalue weighted by molar-refractivity contribution is 5.69. The van der Waals surface area contributed by atoms with Gasteiger partial charge in [0.1, 0.15) is 11.4 Å². The summed E-state index contributed by atoms with van der Waals surface area (Å²) in [4.78, 5) is 14.4. The van der Waals surface area contributed by atoms with E-state index in [1.165, 1.54) is 5.56 Å². The van der Waals surface area contributed by atoms with Gasteiger partial charge in [-0.05, 0) is 63.8 Å². The Bertz CT molecular complexity index is 592. The Morgan fingerprint density at radius 1 is 1.33 bits per heavy atom. The number of aliphatic hydroxyl groups is 1. The van der Waals surface area contributed by atoms with Crippen LogP contribution >= 0.6 is 0 Å². The molecule has 1 aromatic carbocycles. The number of carbonyl (C=O) groups is 1. The highest BCUT2D eigenvalue weighted by Gasteiger charge is 2.33. The van der Waals surface area contributed by atoms with Crippen molar-refractivity contribution in [3.63, 3.8) is 0 Å². The summed E-state index contributed by atoms with van der Waals surface area (Å²) in [5.74, 6) is 0.697. The van der Waals surface area contributed by atoms with Crippen LogP contribution in [0.25, 0.3) is 0 Å². The zero-order valence-electron chi connectivity index (χ0n) is 15.4. The molecule has 24 heavy (non-hydrogen) atoms. The van der Waals surface area contributed by atoms with E-state index in [2.05, 4.69) is 6.92 Å². The van der Waals surface area contributed by atoms with Crippen molar-refractivity contribution >= 4 is 6.09 Å². The quantitative estimate of drug-likeness (QED) is 0.909. The van der Waals surface area contributed by atoms with Gasteiger partial charge in [-0.1, -0.05) is 6.92 Å². The summed E-state index contributed by atoms with van der Waals surface area (Å²) in [6, 6.07) is 3.96. The number of nitrogens with zero attached hydrogens (tertiary/aromatic N) is 1. The van der Waals surface area contributed by atoms with Crippen LogP contribution in [-0.4, -0.2) is 34.9 Å². The number of fused-ring (bicyclic) bond motifs is 1. The first-order valence-electron chi connectivity index (χ1n) is 8.69. The van der Waals surface area contributed by atoms with Crippen molar-refractivity contribution < 1.29 is 19.4 Å². The number of ether oxygens (including phenoxy) is 2. The van der Waals surface area contributed by atoms with Crippen LogP contribution in [-0.2, 0) is 17.8 Å². The largest absolute Gasteiger partial charge is 0.493 e. The van der Waals surface area contributed by atoms with E-state index in [1.54, 1.807) is 0 Å². The highest BCUT2D eigenvalue weighted by Crippen LogP contribution is 2.37. The van der Waals surface area contributed by atoms with Gasteiger partial charge in [-0.2, -0.15) is 0 Å². The summed E-state index contributed by atoms with van der Waals surface area (Å²) in [6.45, 7) is 10.7. The first-order chi connectivity index (χ1) is 11.3. The summed E-state index contributed by atoms with van der Waals surface area (Å²) in [5, 5.41) is 9.57. The van der Waals surface area contributed by atoms with E-state index in [0.29, 0.717) is 18.9 Å². The van der Waals surface area contributed by atoms with E-state index in [0.717, 1.165) is 24.0 Å². The average molecular weight is 335 g/mol. The minimum atomic E-state index is -0.507. The second-order valence-electron chi connectivity index (χ2n) is 7.10. The molecule has 5 heteroatoms. The summed E-state index contributed by atoms with van der Waals surface area (Å²) in [6.07, 6.45) is 1.28. The van der Waals surface area contributed by atoms with Crippen LogP contribution in [0.3, 0.4) is 0 Å². The maximum Gasteiger partial charge on any atom is 0.410 e. The van der Waals surface area contributed by atoms with Crippen molar-refractivity contribution in [1.82, 2.24) is 4.90 Å². The SMILES string of the molecule is CCOc1cc2c(cc1CO)CCN(C(=O)OC(C)(C)C)C2CC. The van der Waals surface area contributed by atoms with Crippen molar-refractivity contribution in [1.29, 1.82) is 0 Å². The Morgan fingerprint density at radius 3 is 2.58 bits per heavy atom. The van der Waals surface area contributed by atoms with E-state index in [1.807, 2.05) is 44.7 Å². The van der Waals surface area contributed by atoms with Gasteiger partial charge >= 0.3 is 6.09 Å². The van der Waals surface area contributed by atoms with Gasteiger partial charge in [-0.3, -0.25) is 0 Å². The lowest BCUT2D eigenvalue weighted by atomic mass is 9.89. The standard InChI is InChI=1S/C19H29NO4/c1-6-16-15-11-17(23-7-2)14(12-21)10-13(15)8-9-20(16)18(22)24-19(3,4)5/h10-11,16,21H,6-9,12H2,1-5H3. The molecule has 1 aromatic rings. The summed E-state index contributed by atoms with van der Waals surface area (Å²) in [7, 11) is 0. The molecule has 0 fully saturated rings. The Kier molecular flexibility index (Phi) is 5.75. The Hall–Kier alpha value is -1.75. The van der Waals surface area contributed by atoms with Gasteiger partial charge in [0.2, 0.25) is 0 Å². The van der Waals surface area contributed by atoms with Gasteiger partial charge < -0.3 is 19.5 Å². The predicted molar refractivity (Wildman–Crippen MR) is 93.2 cm³/mol. The fourth-order valence-electron chi connectivity index (χ4n) is 3.18. The Morgan fingerprint density at radius 2 is 2.04 bits per heavy atom. The highest BCUT2D eigenvalue weighted by atomic mass is 16.6. The Balaban J connectivity index is 2.36. The number of hydrogen-bond donors (Lipinski definition) is 1. The first-order valence-corrected chi connectivity index (χ1v) is 8.69. The molecule has 0 spiro atoms. The number of carbonyl (C=O) groups excluding carboxylic acids is 1. The van der Waals surface area contributed by atoms with Crippen molar-refractivity contribution in [2.24, 2.45) is 0 Å². The molecule has 1 N–H and O–H groups in total. The average Bonchev–Trinajstić information content (AvgIpc) is 2.51. The second kappa shape index (κ2) is 7.43. The molecule has 1 aliphatic rings. The van der Waals surface area contributed by atoms with Gasteiger partial charge in [0.25, 0.3) is 0 Å². The molecule has 0 aliphatic carbocycles. The van der Waals surface area contributed by atoms with Crippen LogP contribution in [0.2, 0.25) is 0 Å². The van der Waals surface area contributed by atoms with Gasteiger partial charge in [0, 0.05) is 12.1 Å². The van der Waals surface area contributed by atoms with Crippen molar-refractivity contribution in [2.45, 2.75) is 65.7 Å². The molecule has 1 atom stereocenters. The van der Waals surface area contributed by atoms with Crippen LogP contribution < -0.4 is 4.74 Å². The van der Waals surface area contributed by atoms with E-state index in [9.17, 15) is 9.90 Å². The first kappa shape index (κ1) is 18.6. The molecule has 0 aromatic heterocycles. The van der Waals surface area contributed by atoms with Gasteiger partial charge in [-0.15, -0.1) is 0 Å². The summed E-state index contributed by atoms with van der Waals surface area (Å²) < 4.78 is 11.2. The fourth-order valence-corrected chi connectivity index (χ4v) is 3.18. The smallest absolute Gasteiger partial charge is 0.410 e. The summed E-state index contributed by atoms with van der Waals surface area (Å²) in [5.41, 5.74) is 2.56. The van der Waals surface area contributed by atoms with E-state index < -0.39 is 5.60 Å². The fraction of sp³-hybridized carbons (Fsp3) is 0.632. The van der Waals surface area contributed by atoms with Crippen molar-refractivity contribution in [2.75, 3.05) is 13.2 Å². The predicted octanol–water partition coefficient (Wildman–Crippen LogP) is 3.82. The van der Waals surface area contributed by atoms with Crippen LogP contribution in [0.1, 0.15) is 63.8 Å². The maximum absolute atomic E-state index is 12.6. The van der Waals surface area contributed by atoms with Gasteiger partial charge in [0.15, 0.2) is 0 Å². The minimum Gasteiger partial charge on any atom is -0.493 e. The molecule has 0 saturated heterocycles. The lowest BCUT2D eigenvalue weighted by molar-refractivity contribution is 0.0136. The molecule has 1 heterocycles. The zero-order valence-corrected chi connectivity index (χ0v) is 15.4. The van der Waals surface area contributed by atoms with Crippen molar-refractivity contribution in [3.05, 3.63) is 28.8 Å². The molecule has 134 valence electrons. The molecule has 0 bridgehead atoms. The Labute approximate surface area is 144 Å². The monoisotopic (exact) mass is 335 g/mol. The van der Waals surface area contributed by atoms with Gasteiger partial charge in [-0.25, -0.2) is 4.79 Å². The zero-order chi connectivity index (χ0) is 17.9. The maximum atomic E-state index is 12.6. The molecule has 0 radical (unpaired) electrons. The number of benzene rings is 1. The topological polar surface area (TPSA) is 59.0 Å². The summed E-state index contributed by atoms with van der Waals surface area (Å²) >= 11 is 0. The number of aliphatic hydroxyl groups excluding tert-OH is 1. The van der Waals surface area contributed by atoms with Crippen LogP contribution in [0, 0.1) is 0 Å². The van der Waals surface area contributed by atoms with Crippen molar-refractivity contribution in [3.8, 4) is 5.75 Å². The molecule has 1 aliphatic heterocycles. The van der Waals surface area contributed by atoms with Gasteiger partial charge in [0.05, 0.1) is 19.3 Å². The lowest BCUT2D eigenvalue weighted by Gasteiger charge is -2.38. The van der Waals surface area contributed by atoms with E-state index in [4.69, 9.17) is 9.47 Å². The normalized spacial score (nSPS) is 17.4. The lowest BCUT2D eigenvalue weighted by Crippen LogP contribution is -2.42. The molecule has 1 amide bonds.